The highest BCUT2D eigenvalue weighted by molar-refractivity contribution is 7.21. The molecule has 1 amide bonds. The molecule has 3 aromatic heterocycles. The molecular weight excluding hydrogens is 428 g/mol. The number of carbonyl (C=O) groups is 1. The zero-order chi connectivity index (χ0) is 21.5. The van der Waals surface area contributed by atoms with Crippen molar-refractivity contribution in [2.24, 2.45) is 5.92 Å². The molecule has 8 heteroatoms. The molecule has 0 saturated carbocycles. The highest BCUT2D eigenvalue weighted by Crippen LogP contribution is 2.37. The molecule has 1 aliphatic carbocycles. The average Bonchev–Trinajstić information content (AvgIpc) is 3.37. The van der Waals surface area contributed by atoms with E-state index in [0.29, 0.717) is 21.6 Å². The number of methoxy groups -OCH3 is 1. The minimum Gasteiger partial charge on any atom is -0.497 e. The number of aromatic nitrogens is 2. The average molecular weight is 451 g/mol. The Morgan fingerprint density at radius 1 is 1.29 bits per heavy atom. The van der Waals surface area contributed by atoms with Crippen LogP contribution < -0.4 is 15.8 Å². The first-order valence-electron chi connectivity index (χ1n) is 10.1. The Bertz CT molecular complexity index is 1290. The van der Waals surface area contributed by atoms with Crippen molar-refractivity contribution >= 4 is 49.6 Å². The van der Waals surface area contributed by atoms with Gasteiger partial charge in [0.2, 0.25) is 0 Å². The summed E-state index contributed by atoms with van der Waals surface area (Å²) in [5.41, 5.74) is 11.0. The normalized spacial score (nSPS) is 15.6. The zero-order valence-electron chi connectivity index (χ0n) is 17.3. The van der Waals surface area contributed by atoms with Crippen molar-refractivity contribution in [1.29, 1.82) is 0 Å². The van der Waals surface area contributed by atoms with Gasteiger partial charge in [-0.05, 0) is 48.9 Å². The van der Waals surface area contributed by atoms with Gasteiger partial charge in [-0.2, -0.15) is 0 Å². The van der Waals surface area contributed by atoms with E-state index < -0.39 is 0 Å². The van der Waals surface area contributed by atoms with E-state index in [0.717, 1.165) is 52.2 Å². The highest BCUT2D eigenvalue weighted by Gasteiger charge is 2.23. The van der Waals surface area contributed by atoms with Crippen LogP contribution in [0.2, 0.25) is 0 Å². The Morgan fingerprint density at radius 2 is 2.16 bits per heavy atom. The summed E-state index contributed by atoms with van der Waals surface area (Å²) in [7, 11) is 1.63. The predicted molar refractivity (Wildman–Crippen MR) is 127 cm³/mol. The largest absolute Gasteiger partial charge is 0.497 e. The van der Waals surface area contributed by atoms with Crippen LogP contribution in [0.1, 0.15) is 34.3 Å². The first-order chi connectivity index (χ1) is 15.0. The van der Waals surface area contributed by atoms with Crippen LogP contribution in [0.5, 0.6) is 5.75 Å². The summed E-state index contributed by atoms with van der Waals surface area (Å²) in [5.74, 6) is 1.16. The van der Waals surface area contributed by atoms with Crippen LogP contribution in [0, 0.1) is 5.92 Å². The minimum atomic E-state index is -0.251. The van der Waals surface area contributed by atoms with Crippen molar-refractivity contribution in [2.75, 3.05) is 18.2 Å². The number of carbonyl (C=O) groups excluding carboxylic acids is 1. The van der Waals surface area contributed by atoms with Crippen LogP contribution >= 0.6 is 22.7 Å². The molecule has 1 atom stereocenters. The van der Waals surface area contributed by atoms with Gasteiger partial charge in [0.25, 0.3) is 5.91 Å². The highest BCUT2D eigenvalue weighted by atomic mass is 32.1. The lowest BCUT2D eigenvalue weighted by Gasteiger charge is -2.20. The topological polar surface area (TPSA) is 90.1 Å². The van der Waals surface area contributed by atoms with Gasteiger partial charge in [0.1, 0.15) is 15.5 Å². The van der Waals surface area contributed by atoms with Crippen molar-refractivity contribution in [3.05, 3.63) is 51.8 Å². The maximum absolute atomic E-state index is 13.0. The smallest absolute Gasteiger partial charge is 0.269 e. The second-order valence-corrected chi connectivity index (χ2v) is 9.72. The van der Waals surface area contributed by atoms with E-state index in [1.807, 2.05) is 29.6 Å². The van der Waals surface area contributed by atoms with E-state index in [1.54, 1.807) is 7.11 Å². The Balaban J connectivity index is 1.40. The number of fused-ring (bicyclic) bond motifs is 2. The van der Waals surface area contributed by atoms with E-state index >= 15 is 0 Å². The molecule has 31 heavy (non-hydrogen) atoms. The van der Waals surface area contributed by atoms with Crippen molar-refractivity contribution < 1.29 is 9.53 Å². The van der Waals surface area contributed by atoms with Gasteiger partial charge in [0.15, 0.2) is 5.13 Å². The second kappa shape index (κ2) is 7.94. The summed E-state index contributed by atoms with van der Waals surface area (Å²) in [6.45, 7) is 2.26. The van der Waals surface area contributed by atoms with Crippen LogP contribution in [0.15, 0.2) is 35.7 Å². The van der Waals surface area contributed by atoms with Gasteiger partial charge in [-0.25, -0.2) is 9.97 Å². The Morgan fingerprint density at radius 3 is 3.00 bits per heavy atom. The van der Waals surface area contributed by atoms with Gasteiger partial charge in [-0.15, -0.1) is 22.7 Å². The SMILES string of the molecule is COc1cccc(-c2csc(NC(=O)c3sc4nc5c(cc4c3N)CC(C)CC5)n2)c1. The summed E-state index contributed by atoms with van der Waals surface area (Å²) in [4.78, 5) is 23.6. The van der Waals surface area contributed by atoms with E-state index in [2.05, 4.69) is 23.3 Å². The van der Waals surface area contributed by atoms with Gasteiger partial charge in [0.05, 0.1) is 18.5 Å². The predicted octanol–water partition coefficient (Wildman–Crippen LogP) is 5.39. The van der Waals surface area contributed by atoms with Crippen LogP contribution in [0.3, 0.4) is 0 Å². The van der Waals surface area contributed by atoms with Crippen LogP contribution in [0.4, 0.5) is 10.8 Å². The lowest BCUT2D eigenvalue weighted by Crippen LogP contribution is -2.12. The number of hydrogen-bond donors (Lipinski definition) is 2. The van der Waals surface area contributed by atoms with Crippen molar-refractivity contribution in [3.8, 4) is 17.0 Å². The minimum absolute atomic E-state index is 0.251. The molecular formula is C23H22N4O2S2. The number of aryl methyl sites for hydroxylation is 1. The molecule has 0 fully saturated rings. The molecule has 1 unspecified atom stereocenters. The van der Waals surface area contributed by atoms with E-state index in [9.17, 15) is 4.79 Å². The maximum Gasteiger partial charge on any atom is 0.269 e. The first-order valence-corrected chi connectivity index (χ1v) is 11.8. The number of ether oxygens (including phenoxy) is 1. The fraction of sp³-hybridized carbons (Fsp3) is 0.261. The second-order valence-electron chi connectivity index (χ2n) is 7.86. The molecule has 1 aromatic carbocycles. The Labute approximate surface area is 188 Å². The molecule has 4 aromatic rings. The van der Waals surface area contributed by atoms with Gasteiger partial charge < -0.3 is 10.5 Å². The number of pyridine rings is 1. The van der Waals surface area contributed by atoms with Crippen molar-refractivity contribution in [3.63, 3.8) is 0 Å². The fourth-order valence-electron chi connectivity index (χ4n) is 3.94. The molecule has 158 valence electrons. The lowest BCUT2D eigenvalue weighted by molar-refractivity contribution is 0.103. The zero-order valence-corrected chi connectivity index (χ0v) is 18.9. The van der Waals surface area contributed by atoms with E-state index in [4.69, 9.17) is 15.5 Å². The molecule has 6 nitrogen and oxygen atoms in total. The van der Waals surface area contributed by atoms with Crippen molar-refractivity contribution in [2.45, 2.75) is 26.2 Å². The number of nitrogens with two attached hydrogens (primary N) is 1. The molecule has 0 bridgehead atoms. The number of anilines is 2. The number of benzene rings is 1. The molecule has 0 spiro atoms. The summed E-state index contributed by atoms with van der Waals surface area (Å²) in [6, 6.07) is 9.80. The van der Waals surface area contributed by atoms with Crippen LogP contribution in [-0.2, 0) is 12.8 Å². The molecule has 5 rings (SSSR count). The molecule has 3 heterocycles. The fourth-order valence-corrected chi connectivity index (χ4v) is 5.65. The standard InChI is InChI=1S/C23H22N4O2S2/c1-12-6-7-17-14(8-12)10-16-19(24)20(31-22(16)25-17)21(28)27-23-26-18(11-30-23)13-4-3-5-15(9-13)29-2/h3-5,9-12H,6-8,24H2,1-2H3,(H,26,27,28). The van der Waals surface area contributed by atoms with Crippen molar-refractivity contribution in [1.82, 2.24) is 9.97 Å². The lowest BCUT2D eigenvalue weighted by atomic mass is 9.87. The number of rotatable bonds is 4. The van der Waals surface area contributed by atoms with E-state index in [-0.39, 0.29) is 5.91 Å². The Kier molecular flexibility index (Phi) is 5.11. The third-order valence-corrected chi connectivity index (χ3v) is 7.50. The number of hydrogen-bond acceptors (Lipinski definition) is 7. The third-order valence-electron chi connectivity index (χ3n) is 5.63. The number of amides is 1. The molecule has 0 radical (unpaired) electrons. The van der Waals surface area contributed by atoms with Gasteiger partial charge >= 0.3 is 0 Å². The van der Waals surface area contributed by atoms with Crippen LogP contribution in [-0.4, -0.2) is 23.0 Å². The maximum atomic E-state index is 13.0. The monoisotopic (exact) mass is 450 g/mol. The summed E-state index contributed by atoms with van der Waals surface area (Å²) < 4.78 is 5.28. The summed E-state index contributed by atoms with van der Waals surface area (Å²) in [5, 5.41) is 6.21. The Hall–Kier alpha value is -2.97. The molecule has 0 saturated heterocycles. The third kappa shape index (κ3) is 3.77. The number of thiophene rings is 1. The quantitative estimate of drug-likeness (QED) is 0.435. The van der Waals surface area contributed by atoms with Gasteiger partial charge in [-0.1, -0.05) is 19.1 Å². The molecule has 3 N–H and O–H groups in total. The van der Waals surface area contributed by atoms with Gasteiger partial charge in [-0.3, -0.25) is 10.1 Å². The first kappa shape index (κ1) is 20.0. The summed E-state index contributed by atoms with van der Waals surface area (Å²) >= 11 is 2.72. The summed E-state index contributed by atoms with van der Waals surface area (Å²) in [6.07, 6.45) is 3.15. The van der Waals surface area contributed by atoms with E-state index in [1.165, 1.54) is 28.2 Å². The number of thiazole rings is 1. The van der Waals surface area contributed by atoms with Gasteiger partial charge in [0, 0.05) is 22.0 Å². The number of nitrogens with one attached hydrogen (secondary N) is 1. The van der Waals surface area contributed by atoms with Crippen LogP contribution in [0.25, 0.3) is 21.5 Å². The number of nitrogens with zero attached hydrogens (tertiary/aromatic N) is 2. The number of nitrogen functional groups attached to an aromatic ring is 1. The molecule has 1 aliphatic rings. The molecule has 0 aliphatic heterocycles.